The van der Waals surface area contributed by atoms with Crippen molar-refractivity contribution in [2.75, 3.05) is 11.5 Å². The number of pyridine rings is 1. The molecule has 1 unspecified atom stereocenters. The van der Waals surface area contributed by atoms with Crippen LogP contribution in [0.2, 0.25) is 0 Å². The van der Waals surface area contributed by atoms with Gasteiger partial charge in [0.25, 0.3) is 0 Å². The van der Waals surface area contributed by atoms with Gasteiger partial charge in [0, 0.05) is 24.7 Å². The molecule has 16 heavy (non-hydrogen) atoms. The fourth-order valence-corrected chi connectivity index (χ4v) is 1.99. The lowest BCUT2D eigenvalue weighted by molar-refractivity contribution is 0.157. The van der Waals surface area contributed by atoms with Crippen molar-refractivity contribution in [1.29, 1.82) is 0 Å². The molecule has 1 aromatic heterocycles. The summed E-state index contributed by atoms with van der Waals surface area (Å²) < 4.78 is 22.4. The van der Waals surface area contributed by atoms with Crippen molar-refractivity contribution in [3.05, 3.63) is 30.1 Å². The van der Waals surface area contributed by atoms with Crippen LogP contribution in [-0.2, 0) is 16.4 Å². The van der Waals surface area contributed by atoms with Crippen molar-refractivity contribution >= 4 is 9.84 Å². The van der Waals surface area contributed by atoms with Crippen molar-refractivity contribution in [2.45, 2.75) is 19.7 Å². The quantitative estimate of drug-likeness (QED) is 0.684. The standard InChI is InChI=1S/C10H16N2O3S/c1-2-16(14,15)8-10(13)12-7-9-4-3-5-11-6-9/h3-6,10,12-13H,2,7-8H2,1H3. The molecule has 1 heterocycles. The van der Waals surface area contributed by atoms with E-state index in [-0.39, 0.29) is 11.5 Å². The van der Waals surface area contributed by atoms with Gasteiger partial charge in [0.15, 0.2) is 9.84 Å². The topological polar surface area (TPSA) is 79.3 Å². The second-order valence-corrected chi connectivity index (χ2v) is 5.85. The second kappa shape index (κ2) is 5.93. The first-order valence-corrected chi connectivity index (χ1v) is 6.86. The van der Waals surface area contributed by atoms with Crippen LogP contribution in [0.4, 0.5) is 0 Å². The Morgan fingerprint density at radius 1 is 1.56 bits per heavy atom. The first-order valence-electron chi connectivity index (χ1n) is 5.04. The minimum absolute atomic E-state index is 0.0403. The third-order valence-electron chi connectivity index (χ3n) is 2.12. The number of nitrogens with zero attached hydrogens (tertiary/aromatic N) is 1. The molecule has 5 nitrogen and oxygen atoms in total. The highest BCUT2D eigenvalue weighted by atomic mass is 32.2. The molecule has 1 atom stereocenters. The number of aromatic nitrogens is 1. The van der Waals surface area contributed by atoms with E-state index in [1.165, 1.54) is 0 Å². The monoisotopic (exact) mass is 244 g/mol. The van der Waals surface area contributed by atoms with Crippen LogP contribution in [0.1, 0.15) is 12.5 Å². The van der Waals surface area contributed by atoms with Crippen molar-refractivity contribution in [3.8, 4) is 0 Å². The average Bonchev–Trinajstić information content (AvgIpc) is 2.27. The van der Waals surface area contributed by atoms with E-state index in [9.17, 15) is 13.5 Å². The van der Waals surface area contributed by atoms with Gasteiger partial charge in [0.1, 0.15) is 6.23 Å². The SMILES string of the molecule is CCS(=O)(=O)CC(O)NCc1cccnc1. The van der Waals surface area contributed by atoms with Crippen LogP contribution < -0.4 is 5.32 Å². The molecule has 0 fully saturated rings. The molecular weight excluding hydrogens is 228 g/mol. The maximum absolute atomic E-state index is 11.2. The van der Waals surface area contributed by atoms with E-state index in [2.05, 4.69) is 10.3 Å². The van der Waals surface area contributed by atoms with E-state index < -0.39 is 16.1 Å². The maximum atomic E-state index is 11.2. The molecule has 0 amide bonds. The Balaban J connectivity index is 2.39. The number of sulfone groups is 1. The van der Waals surface area contributed by atoms with E-state index in [4.69, 9.17) is 0 Å². The molecule has 0 bridgehead atoms. The summed E-state index contributed by atoms with van der Waals surface area (Å²) in [5.74, 6) is -0.220. The molecule has 90 valence electrons. The Morgan fingerprint density at radius 2 is 2.31 bits per heavy atom. The third-order valence-corrected chi connectivity index (χ3v) is 3.82. The molecule has 2 N–H and O–H groups in total. The lowest BCUT2D eigenvalue weighted by Crippen LogP contribution is -2.35. The van der Waals surface area contributed by atoms with Crippen LogP contribution in [0, 0.1) is 0 Å². The van der Waals surface area contributed by atoms with Crippen molar-refractivity contribution in [1.82, 2.24) is 10.3 Å². The fraction of sp³-hybridized carbons (Fsp3) is 0.500. The summed E-state index contributed by atoms with van der Waals surface area (Å²) in [6, 6.07) is 3.63. The van der Waals surface area contributed by atoms with Gasteiger partial charge in [-0.25, -0.2) is 8.42 Å². The Bertz CT molecular complexity index is 405. The average molecular weight is 244 g/mol. The van der Waals surface area contributed by atoms with Gasteiger partial charge in [-0.05, 0) is 11.6 Å². The smallest absolute Gasteiger partial charge is 0.153 e. The second-order valence-electron chi connectivity index (χ2n) is 3.46. The highest BCUT2D eigenvalue weighted by molar-refractivity contribution is 7.91. The van der Waals surface area contributed by atoms with Crippen molar-refractivity contribution < 1.29 is 13.5 Å². The summed E-state index contributed by atoms with van der Waals surface area (Å²) in [7, 11) is -3.15. The molecule has 0 spiro atoms. The molecule has 0 aromatic carbocycles. The number of nitrogens with one attached hydrogen (secondary N) is 1. The minimum Gasteiger partial charge on any atom is -0.378 e. The van der Waals surface area contributed by atoms with E-state index in [1.807, 2.05) is 6.07 Å². The molecule has 0 aliphatic carbocycles. The van der Waals surface area contributed by atoms with Crippen LogP contribution in [0.5, 0.6) is 0 Å². The summed E-state index contributed by atoms with van der Waals surface area (Å²) in [5, 5.41) is 12.2. The van der Waals surface area contributed by atoms with E-state index in [1.54, 1.807) is 25.4 Å². The van der Waals surface area contributed by atoms with Gasteiger partial charge >= 0.3 is 0 Å². The number of aliphatic hydroxyl groups is 1. The van der Waals surface area contributed by atoms with Crippen LogP contribution in [-0.4, -0.2) is 36.2 Å². The zero-order chi connectivity index (χ0) is 12.0. The van der Waals surface area contributed by atoms with Crippen molar-refractivity contribution in [3.63, 3.8) is 0 Å². The predicted octanol–water partition coefficient (Wildman–Crippen LogP) is -0.0757. The number of rotatable bonds is 6. The zero-order valence-electron chi connectivity index (χ0n) is 9.13. The normalized spacial score (nSPS) is 13.6. The van der Waals surface area contributed by atoms with E-state index >= 15 is 0 Å². The highest BCUT2D eigenvalue weighted by Crippen LogP contribution is 1.97. The van der Waals surface area contributed by atoms with Gasteiger partial charge in [-0.1, -0.05) is 13.0 Å². The number of aliphatic hydroxyl groups excluding tert-OH is 1. The molecule has 0 saturated heterocycles. The fourth-order valence-electron chi connectivity index (χ4n) is 1.16. The molecule has 0 radical (unpaired) electrons. The summed E-state index contributed by atoms with van der Waals surface area (Å²) in [6.07, 6.45) is 2.28. The van der Waals surface area contributed by atoms with Crippen LogP contribution in [0.3, 0.4) is 0 Å². The minimum atomic E-state index is -3.15. The maximum Gasteiger partial charge on any atom is 0.153 e. The molecule has 0 saturated carbocycles. The van der Waals surface area contributed by atoms with Crippen LogP contribution in [0.15, 0.2) is 24.5 Å². The first-order chi connectivity index (χ1) is 7.53. The first kappa shape index (κ1) is 13.1. The third kappa shape index (κ3) is 4.69. The van der Waals surface area contributed by atoms with Crippen molar-refractivity contribution in [2.24, 2.45) is 0 Å². The lowest BCUT2D eigenvalue weighted by Gasteiger charge is -2.12. The van der Waals surface area contributed by atoms with Gasteiger partial charge in [-0.2, -0.15) is 0 Å². The van der Waals surface area contributed by atoms with Crippen LogP contribution >= 0.6 is 0 Å². The number of hydrogen-bond donors (Lipinski definition) is 2. The predicted molar refractivity (Wildman–Crippen MR) is 61.4 cm³/mol. The molecule has 0 aliphatic heterocycles. The van der Waals surface area contributed by atoms with Gasteiger partial charge < -0.3 is 5.11 Å². The summed E-state index contributed by atoms with van der Waals surface area (Å²) >= 11 is 0. The molecule has 6 heteroatoms. The summed E-state index contributed by atoms with van der Waals surface area (Å²) in [4.78, 5) is 3.91. The van der Waals surface area contributed by atoms with Gasteiger partial charge in [-0.3, -0.25) is 10.3 Å². The zero-order valence-corrected chi connectivity index (χ0v) is 9.94. The summed E-state index contributed by atoms with van der Waals surface area (Å²) in [6.45, 7) is 1.96. The highest BCUT2D eigenvalue weighted by Gasteiger charge is 2.14. The summed E-state index contributed by atoms with van der Waals surface area (Å²) in [5.41, 5.74) is 0.899. The largest absolute Gasteiger partial charge is 0.378 e. The van der Waals surface area contributed by atoms with E-state index in [0.29, 0.717) is 6.54 Å². The molecular formula is C10H16N2O3S. The molecule has 0 aliphatic rings. The Morgan fingerprint density at radius 3 is 2.88 bits per heavy atom. The number of hydrogen-bond acceptors (Lipinski definition) is 5. The molecule has 1 aromatic rings. The van der Waals surface area contributed by atoms with Crippen LogP contribution in [0.25, 0.3) is 0 Å². The molecule has 1 rings (SSSR count). The van der Waals surface area contributed by atoms with E-state index in [0.717, 1.165) is 5.56 Å². The van der Waals surface area contributed by atoms with Gasteiger partial charge in [0.05, 0.1) is 5.75 Å². The Labute approximate surface area is 95.4 Å². The Hall–Kier alpha value is -0.980. The Kier molecular flexibility index (Phi) is 4.85. The van der Waals surface area contributed by atoms with Gasteiger partial charge in [-0.15, -0.1) is 0 Å². The van der Waals surface area contributed by atoms with Gasteiger partial charge in [0.2, 0.25) is 0 Å². The lowest BCUT2D eigenvalue weighted by atomic mass is 10.3.